The van der Waals surface area contributed by atoms with Gasteiger partial charge in [0.15, 0.2) is 5.96 Å². The minimum atomic E-state index is 0. The van der Waals surface area contributed by atoms with Gasteiger partial charge in [0.05, 0.1) is 12.8 Å². The highest BCUT2D eigenvalue weighted by Crippen LogP contribution is 2.20. The van der Waals surface area contributed by atoms with Gasteiger partial charge in [0.2, 0.25) is 0 Å². The summed E-state index contributed by atoms with van der Waals surface area (Å²) in [6, 6.07) is 12.5. The molecule has 8 heteroatoms. The summed E-state index contributed by atoms with van der Waals surface area (Å²) in [6.45, 7) is 9.66. The Bertz CT molecular complexity index is 1020. The molecule has 7 nitrogen and oxygen atoms in total. The van der Waals surface area contributed by atoms with E-state index in [-0.39, 0.29) is 24.0 Å². The van der Waals surface area contributed by atoms with E-state index in [2.05, 4.69) is 70.0 Å². The van der Waals surface area contributed by atoms with Gasteiger partial charge >= 0.3 is 0 Å². The number of rotatable bonds is 6. The van der Waals surface area contributed by atoms with Crippen molar-refractivity contribution in [3.63, 3.8) is 0 Å². The van der Waals surface area contributed by atoms with E-state index in [4.69, 9.17) is 14.7 Å². The number of methoxy groups -OCH3 is 1. The van der Waals surface area contributed by atoms with Crippen molar-refractivity contribution in [2.24, 2.45) is 4.99 Å². The van der Waals surface area contributed by atoms with Crippen LogP contribution in [0.2, 0.25) is 0 Å². The van der Waals surface area contributed by atoms with Crippen LogP contribution in [0.5, 0.6) is 5.75 Å². The van der Waals surface area contributed by atoms with E-state index < -0.39 is 0 Å². The molecule has 1 aliphatic heterocycles. The summed E-state index contributed by atoms with van der Waals surface area (Å²) < 4.78 is 7.36. The normalized spacial score (nSPS) is 14.4. The molecule has 2 aromatic heterocycles. The van der Waals surface area contributed by atoms with Crippen molar-refractivity contribution in [2.75, 3.05) is 51.3 Å². The fourth-order valence-corrected chi connectivity index (χ4v) is 4.00. The van der Waals surface area contributed by atoms with Crippen molar-refractivity contribution in [3.8, 4) is 5.75 Å². The molecule has 1 aromatic carbocycles. The van der Waals surface area contributed by atoms with Gasteiger partial charge < -0.3 is 24.3 Å². The third-order valence-corrected chi connectivity index (χ3v) is 5.71. The molecule has 0 bridgehead atoms. The Balaban J connectivity index is 0.00000289. The Morgan fingerprint density at radius 2 is 1.88 bits per heavy atom. The van der Waals surface area contributed by atoms with Crippen LogP contribution in [0, 0.1) is 6.92 Å². The third-order valence-electron chi connectivity index (χ3n) is 5.71. The lowest BCUT2D eigenvalue weighted by Crippen LogP contribution is -2.52. The van der Waals surface area contributed by atoms with Crippen LogP contribution < -0.4 is 15.0 Å². The van der Waals surface area contributed by atoms with Crippen molar-refractivity contribution >= 4 is 41.3 Å². The summed E-state index contributed by atoms with van der Waals surface area (Å²) in [5.74, 6) is 1.89. The molecule has 32 heavy (non-hydrogen) atoms. The number of halogens is 1. The summed E-state index contributed by atoms with van der Waals surface area (Å²) >= 11 is 0. The first-order valence-electron chi connectivity index (χ1n) is 11.0. The van der Waals surface area contributed by atoms with E-state index in [1.807, 2.05) is 12.1 Å². The molecule has 3 heterocycles. The van der Waals surface area contributed by atoms with Gasteiger partial charge in [-0.2, -0.15) is 0 Å². The van der Waals surface area contributed by atoms with Crippen molar-refractivity contribution in [1.82, 2.24) is 19.6 Å². The lowest BCUT2D eigenvalue weighted by atomic mass is 10.2. The topological polar surface area (TPSA) is 57.4 Å². The molecular weight excluding hydrogens is 515 g/mol. The molecule has 0 saturated carbocycles. The third kappa shape index (κ3) is 5.65. The molecule has 1 N–H and O–H groups in total. The molecule has 1 saturated heterocycles. The summed E-state index contributed by atoms with van der Waals surface area (Å²) in [5, 5.41) is 3.46. The van der Waals surface area contributed by atoms with Gasteiger partial charge in [-0.3, -0.25) is 4.99 Å². The van der Waals surface area contributed by atoms with Gasteiger partial charge in [-0.25, -0.2) is 4.98 Å². The van der Waals surface area contributed by atoms with Crippen molar-refractivity contribution in [1.29, 1.82) is 0 Å². The second-order valence-electron chi connectivity index (χ2n) is 7.81. The quantitative estimate of drug-likeness (QED) is 0.290. The largest absolute Gasteiger partial charge is 0.497 e. The Morgan fingerprint density at radius 3 is 2.53 bits per heavy atom. The monoisotopic (exact) mass is 548 g/mol. The first kappa shape index (κ1) is 24.2. The Hall–Kier alpha value is -2.49. The molecule has 0 amide bonds. The number of aliphatic imine (C=N–C) groups is 1. The number of ether oxygens (including phenoxy) is 1. The van der Waals surface area contributed by atoms with E-state index >= 15 is 0 Å². The minimum absolute atomic E-state index is 0. The van der Waals surface area contributed by atoms with Crippen LogP contribution in [0.4, 0.5) is 5.69 Å². The summed E-state index contributed by atoms with van der Waals surface area (Å²) in [5.41, 5.74) is 4.55. The summed E-state index contributed by atoms with van der Waals surface area (Å²) in [6.07, 6.45) is 4.99. The van der Waals surface area contributed by atoms with E-state index in [1.165, 1.54) is 11.3 Å². The number of anilines is 1. The van der Waals surface area contributed by atoms with Crippen molar-refractivity contribution in [3.05, 3.63) is 60.0 Å². The van der Waals surface area contributed by atoms with Gasteiger partial charge in [0.25, 0.3) is 0 Å². The summed E-state index contributed by atoms with van der Waals surface area (Å²) in [7, 11) is 1.70. The van der Waals surface area contributed by atoms with Crippen LogP contribution in [-0.4, -0.2) is 66.6 Å². The second kappa shape index (κ2) is 11.4. The predicted octanol–water partition coefficient (Wildman–Crippen LogP) is 3.60. The number of nitrogens with zero attached hydrogens (tertiary/aromatic N) is 5. The molecular formula is C24H33IN6O. The molecule has 0 spiro atoms. The number of fused-ring (bicyclic) bond motifs is 1. The number of pyridine rings is 1. The minimum Gasteiger partial charge on any atom is -0.497 e. The maximum atomic E-state index is 5.27. The van der Waals surface area contributed by atoms with Crippen LogP contribution in [0.15, 0.2) is 53.8 Å². The van der Waals surface area contributed by atoms with Crippen molar-refractivity contribution < 1.29 is 4.74 Å². The molecule has 172 valence electrons. The highest BCUT2D eigenvalue weighted by atomic mass is 127. The van der Waals surface area contributed by atoms with Crippen molar-refractivity contribution in [2.45, 2.75) is 20.3 Å². The molecule has 0 radical (unpaired) electrons. The zero-order valence-electron chi connectivity index (χ0n) is 19.1. The number of piperazine rings is 1. The number of hydrogen-bond donors (Lipinski definition) is 1. The molecule has 0 atom stereocenters. The average molecular weight is 548 g/mol. The average Bonchev–Trinajstić information content (AvgIpc) is 3.23. The highest BCUT2D eigenvalue weighted by molar-refractivity contribution is 14.0. The molecule has 4 rings (SSSR count). The zero-order valence-corrected chi connectivity index (χ0v) is 21.5. The lowest BCUT2D eigenvalue weighted by molar-refractivity contribution is 0.372. The van der Waals surface area contributed by atoms with E-state index in [9.17, 15) is 0 Å². The molecule has 0 unspecified atom stereocenters. The predicted molar refractivity (Wildman–Crippen MR) is 142 cm³/mol. The van der Waals surface area contributed by atoms with Crippen LogP contribution in [-0.2, 0) is 6.42 Å². The van der Waals surface area contributed by atoms with E-state index in [1.54, 1.807) is 7.11 Å². The first-order valence-corrected chi connectivity index (χ1v) is 11.0. The number of aromatic nitrogens is 2. The van der Waals surface area contributed by atoms with Gasteiger partial charge in [-0.15, -0.1) is 24.0 Å². The lowest BCUT2D eigenvalue weighted by Gasteiger charge is -2.37. The molecule has 0 aliphatic carbocycles. The number of guanidine groups is 1. The maximum Gasteiger partial charge on any atom is 0.194 e. The number of hydrogen-bond acceptors (Lipinski definition) is 4. The maximum absolute atomic E-state index is 5.27. The SMILES string of the molecule is CCNC(=NCCc1cn2cccc(C)c2n1)N1CCN(c2ccc(OC)cc2)CC1.I. The smallest absolute Gasteiger partial charge is 0.194 e. The number of benzene rings is 1. The number of imidazole rings is 1. The molecule has 1 aliphatic rings. The standard InChI is InChI=1S/C24H32N6O.HI/c1-4-25-24(26-12-11-20-18-30-13-5-6-19(2)23(30)27-20)29-16-14-28(15-17-29)21-7-9-22(31-3)10-8-21;/h5-10,13,18H,4,11-12,14-17H2,1-3H3,(H,25,26);1H. The van der Waals surface area contributed by atoms with Crippen LogP contribution in [0.1, 0.15) is 18.2 Å². The van der Waals surface area contributed by atoms with Gasteiger partial charge in [-0.1, -0.05) is 6.07 Å². The molecule has 3 aromatic rings. The summed E-state index contributed by atoms with van der Waals surface area (Å²) in [4.78, 5) is 14.4. The number of aryl methyl sites for hydroxylation is 1. The zero-order chi connectivity index (χ0) is 21.6. The Morgan fingerprint density at radius 1 is 1.12 bits per heavy atom. The van der Waals surface area contributed by atoms with Crippen LogP contribution in [0.25, 0.3) is 5.65 Å². The first-order chi connectivity index (χ1) is 15.2. The highest BCUT2D eigenvalue weighted by Gasteiger charge is 2.20. The van der Waals surface area contributed by atoms with Gasteiger partial charge in [0.1, 0.15) is 11.4 Å². The Labute approximate surface area is 207 Å². The number of nitrogens with one attached hydrogen (secondary N) is 1. The van der Waals surface area contributed by atoms with E-state index in [0.29, 0.717) is 0 Å². The second-order valence-corrected chi connectivity index (χ2v) is 7.81. The van der Waals surface area contributed by atoms with Gasteiger partial charge in [-0.05, 0) is 49.7 Å². The fourth-order valence-electron chi connectivity index (χ4n) is 4.00. The van der Waals surface area contributed by atoms with Crippen LogP contribution >= 0.6 is 24.0 Å². The molecule has 1 fully saturated rings. The van der Waals surface area contributed by atoms with Crippen LogP contribution in [0.3, 0.4) is 0 Å². The fraction of sp³-hybridized carbons (Fsp3) is 0.417. The Kier molecular flexibility index (Phi) is 8.60. The van der Waals surface area contributed by atoms with E-state index in [0.717, 1.165) is 68.7 Å². The van der Waals surface area contributed by atoms with Gasteiger partial charge in [0, 0.05) is 63.8 Å².